The molecule has 8 heteroatoms. The maximum Gasteiger partial charge on any atom is 0.321 e. The van der Waals surface area contributed by atoms with Gasteiger partial charge in [0.15, 0.2) is 5.84 Å². The van der Waals surface area contributed by atoms with Crippen molar-refractivity contribution in [2.45, 2.75) is 12.8 Å². The zero-order chi connectivity index (χ0) is 20.1. The number of ketones is 1. The third kappa shape index (κ3) is 4.95. The summed E-state index contributed by atoms with van der Waals surface area (Å²) in [6, 6.07) is 13.2. The molecule has 3 N–H and O–H groups in total. The Balaban J connectivity index is 1.50. The van der Waals surface area contributed by atoms with Gasteiger partial charge in [-0.2, -0.15) is 0 Å². The highest BCUT2D eigenvalue weighted by Crippen LogP contribution is 2.22. The van der Waals surface area contributed by atoms with E-state index in [9.17, 15) is 14.0 Å². The predicted octanol–water partition coefficient (Wildman–Crippen LogP) is 4.49. The molecule has 0 unspecified atom stereocenters. The lowest BCUT2D eigenvalue weighted by Crippen LogP contribution is -2.44. The fourth-order valence-electron chi connectivity index (χ4n) is 3.05. The van der Waals surface area contributed by atoms with E-state index in [1.165, 1.54) is 18.2 Å². The summed E-state index contributed by atoms with van der Waals surface area (Å²) >= 11 is 3.08. The third-order valence-electron chi connectivity index (χ3n) is 4.61. The summed E-state index contributed by atoms with van der Waals surface area (Å²) in [6.45, 7) is 0.898. The van der Waals surface area contributed by atoms with E-state index in [-0.39, 0.29) is 28.0 Å². The largest absolute Gasteiger partial charge is 0.338 e. The van der Waals surface area contributed by atoms with Crippen LogP contribution in [0.1, 0.15) is 12.8 Å². The lowest BCUT2D eigenvalue weighted by atomic mass is 9.92. The molecule has 1 aliphatic heterocycles. The van der Waals surface area contributed by atoms with Gasteiger partial charge in [0.25, 0.3) is 0 Å². The number of Topliss-reactive ketones (excluding diaryl/α,β-unsaturated/α-hetero) is 1. The molecule has 28 heavy (non-hydrogen) atoms. The molecule has 1 saturated heterocycles. The molecule has 2 aromatic rings. The number of nitrogens with zero attached hydrogens (tertiary/aromatic N) is 1. The van der Waals surface area contributed by atoms with Crippen molar-refractivity contribution in [2.75, 3.05) is 23.7 Å². The van der Waals surface area contributed by atoms with Crippen LogP contribution in [0, 0.1) is 17.1 Å². The zero-order valence-electron chi connectivity index (χ0n) is 15.0. The van der Waals surface area contributed by atoms with Gasteiger partial charge in [0.1, 0.15) is 5.82 Å². The number of amidine groups is 1. The molecular formula is C20H20BrFN4O2. The molecule has 0 spiro atoms. The molecule has 1 heterocycles. The van der Waals surface area contributed by atoms with E-state index in [2.05, 4.69) is 26.6 Å². The number of carbonyl (C=O) groups excluding carboxylic acids is 2. The molecule has 6 nitrogen and oxygen atoms in total. The Hall–Kier alpha value is -2.74. The Bertz CT molecular complexity index is 883. The number of amides is 2. The normalized spacial score (nSPS) is 14.4. The van der Waals surface area contributed by atoms with Crippen LogP contribution in [0.3, 0.4) is 0 Å². The number of benzene rings is 2. The number of likely N-dealkylation sites (tertiary alicyclic amines) is 1. The Morgan fingerprint density at radius 1 is 1.04 bits per heavy atom. The second kappa shape index (κ2) is 8.97. The fourth-order valence-corrected chi connectivity index (χ4v) is 3.43. The van der Waals surface area contributed by atoms with E-state index in [1.807, 2.05) is 30.3 Å². The van der Waals surface area contributed by atoms with Gasteiger partial charge in [0, 0.05) is 30.4 Å². The van der Waals surface area contributed by atoms with Crippen LogP contribution in [-0.2, 0) is 4.79 Å². The molecular weight excluding hydrogens is 427 g/mol. The van der Waals surface area contributed by atoms with Gasteiger partial charge in [-0.1, -0.05) is 18.2 Å². The van der Waals surface area contributed by atoms with E-state index in [0.717, 1.165) is 5.69 Å². The van der Waals surface area contributed by atoms with E-state index in [4.69, 9.17) is 5.41 Å². The number of hydrogen-bond donors (Lipinski definition) is 3. The number of carbonyl (C=O) groups is 2. The number of piperidine rings is 1. The Kier molecular flexibility index (Phi) is 6.41. The standard InChI is InChI=1S/C20H20BrFN4O2/c21-16-12-15(6-7-17(16)22)24-19(23)18(27)13-8-10-26(11-9-13)20(28)25-14-4-2-1-3-5-14/h1-7,12-13H,8-11H2,(H2,23,24)(H,25,28). The minimum absolute atomic E-state index is 0.193. The van der Waals surface area contributed by atoms with E-state index in [0.29, 0.717) is 31.6 Å². The van der Waals surface area contributed by atoms with Crippen molar-refractivity contribution < 1.29 is 14.0 Å². The number of hydrogen-bond acceptors (Lipinski definition) is 3. The van der Waals surface area contributed by atoms with Gasteiger partial charge < -0.3 is 15.5 Å². The average molecular weight is 447 g/mol. The lowest BCUT2D eigenvalue weighted by molar-refractivity contribution is -0.117. The molecule has 2 amide bonds. The Morgan fingerprint density at radius 2 is 1.71 bits per heavy atom. The third-order valence-corrected chi connectivity index (χ3v) is 5.22. The molecule has 0 aliphatic carbocycles. The number of rotatable bonds is 4. The molecule has 1 fully saturated rings. The second-order valence-electron chi connectivity index (χ2n) is 6.55. The Morgan fingerprint density at radius 3 is 2.36 bits per heavy atom. The van der Waals surface area contributed by atoms with Gasteiger partial charge >= 0.3 is 6.03 Å². The van der Waals surface area contributed by atoms with Crippen molar-refractivity contribution in [2.24, 2.45) is 5.92 Å². The summed E-state index contributed by atoms with van der Waals surface area (Å²) in [5, 5.41) is 13.6. The van der Waals surface area contributed by atoms with Gasteiger partial charge in [-0.3, -0.25) is 10.2 Å². The summed E-state index contributed by atoms with van der Waals surface area (Å²) in [5.41, 5.74) is 1.19. The van der Waals surface area contributed by atoms with E-state index in [1.54, 1.807) is 4.90 Å². The number of para-hydroxylation sites is 1. The zero-order valence-corrected chi connectivity index (χ0v) is 16.6. The minimum Gasteiger partial charge on any atom is -0.338 e. The topological polar surface area (TPSA) is 85.3 Å². The average Bonchev–Trinajstić information content (AvgIpc) is 2.71. The number of halogens is 2. The van der Waals surface area contributed by atoms with E-state index >= 15 is 0 Å². The van der Waals surface area contributed by atoms with Crippen molar-refractivity contribution in [3.05, 3.63) is 58.8 Å². The SMILES string of the molecule is N=C(Nc1ccc(F)c(Br)c1)C(=O)C1CCN(C(=O)Nc2ccccc2)CC1. The van der Waals surface area contributed by atoms with E-state index < -0.39 is 5.82 Å². The van der Waals surface area contributed by atoms with Crippen LogP contribution in [0.2, 0.25) is 0 Å². The number of urea groups is 1. The maximum absolute atomic E-state index is 13.3. The van der Waals surface area contributed by atoms with Crippen molar-refractivity contribution >= 4 is 45.0 Å². The molecule has 1 aliphatic rings. The molecule has 0 bridgehead atoms. The highest BCUT2D eigenvalue weighted by Gasteiger charge is 2.29. The van der Waals surface area contributed by atoms with Crippen molar-refractivity contribution in [1.29, 1.82) is 5.41 Å². The van der Waals surface area contributed by atoms with Crippen LogP contribution >= 0.6 is 15.9 Å². The molecule has 0 radical (unpaired) electrons. The molecule has 0 saturated carbocycles. The van der Waals surface area contributed by atoms with Crippen LogP contribution in [0.25, 0.3) is 0 Å². The second-order valence-corrected chi connectivity index (χ2v) is 7.40. The molecule has 146 valence electrons. The molecule has 0 atom stereocenters. The van der Waals surface area contributed by atoms with Gasteiger partial charge in [-0.05, 0) is 59.1 Å². The first kappa shape index (κ1) is 20.0. The van der Waals surface area contributed by atoms with Gasteiger partial charge in [0.2, 0.25) is 5.78 Å². The smallest absolute Gasteiger partial charge is 0.321 e. The fraction of sp³-hybridized carbons (Fsp3) is 0.250. The van der Waals surface area contributed by atoms with Crippen molar-refractivity contribution in [3.8, 4) is 0 Å². The predicted molar refractivity (Wildman–Crippen MR) is 110 cm³/mol. The van der Waals surface area contributed by atoms with Crippen molar-refractivity contribution in [3.63, 3.8) is 0 Å². The number of nitrogens with one attached hydrogen (secondary N) is 3. The van der Waals surface area contributed by atoms with Gasteiger partial charge in [-0.25, -0.2) is 9.18 Å². The summed E-state index contributed by atoms with van der Waals surface area (Å²) < 4.78 is 13.6. The lowest BCUT2D eigenvalue weighted by Gasteiger charge is -2.31. The maximum atomic E-state index is 13.3. The first-order chi connectivity index (χ1) is 13.4. The molecule has 3 rings (SSSR count). The minimum atomic E-state index is -0.412. The van der Waals surface area contributed by atoms with Crippen LogP contribution < -0.4 is 10.6 Å². The highest BCUT2D eigenvalue weighted by atomic mass is 79.9. The first-order valence-electron chi connectivity index (χ1n) is 8.90. The van der Waals surface area contributed by atoms with Crippen LogP contribution in [0.5, 0.6) is 0 Å². The van der Waals surface area contributed by atoms with Crippen LogP contribution in [-0.4, -0.2) is 35.6 Å². The van der Waals surface area contributed by atoms with Gasteiger partial charge in [-0.15, -0.1) is 0 Å². The van der Waals surface area contributed by atoms with Crippen molar-refractivity contribution in [1.82, 2.24) is 4.90 Å². The summed E-state index contributed by atoms with van der Waals surface area (Å²) in [4.78, 5) is 26.5. The monoisotopic (exact) mass is 446 g/mol. The summed E-state index contributed by atoms with van der Waals surface area (Å²) in [6.07, 6.45) is 0.996. The molecule has 2 aromatic carbocycles. The first-order valence-corrected chi connectivity index (χ1v) is 9.69. The quantitative estimate of drug-likeness (QED) is 0.477. The van der Waals surface area contributed by atoms with Gasteiger partial charge in [0.05, 0.1) is 4.47 Å². The summed E-state index contributed by atoms with van der Waals surface area (Å²) in [5.74, 6) is -1.26. The Labute approximate surface area is 170 Å². The van der Waals surface area contributed by atoms with Crippen LogP contribution in [0.15, 0.2) is 53.0 Å². The molecule has 0 aromatic heterocycles. The summed E-state index contributed by atoms with van der Waals surface area (Å²) in [7, 11) is 0. The highest BCUT2D eigenvalue weighted by molar-refractivity contribution is 9.10. The van der Waals surface area contributed by atoms with Crippen LogP contribution in [0.4, 0.5) is 20.6 Å². The number of anilines is 2.